The molecule has 0 unspecified atom stereocenters. The third-order valence-electron chi connectivity index (χ3n) is 3.75. The van der Waals surface area contributed by atoms with Crippen LogP contribution in [0.1, 0.15) is 43.0 Å². The molecular weight excluding hydrogens is 216 g/mol. The number of nitrogens with zero attached hydrogens (tertiary/aromatic N) is 1. The van der Waals surface area contributed by atoms with Gasteiger partial charge in [-0.15, -0.1) is 11.3 Å². The molecule has 0 amide bonds. The normalized spacial score (nSPS) is 17.8. The molecule has 2 nitrogen and oxygen atoms in total. The van der Waals surface area contributed by atoms with Crippen LogP contribution in [-0.4, -0.2) is 6.54 Å². The Labute approximate surface area is 101 Å². The number of hydrogen-bond acceptors (Lipinski definition) is 3. The fraction of sp³-hybridized carbons (Fsp3) is 0.615. The van der Waals surface area contributed by atoms with Crippen LogP contribution in [0.3, 0.4) is 0 Å². The molecule has 1 saturated carbocycles. The van der Waals surface area contributed by atoms with Gasteiger partial charge in [-0.3, -0.25) is 0 Å². The van der Waals surface area contributed by atoms with Crippen molar-refractivity contribution in [2.75, 3.05) is 6.54 Å². The number of rotatable bonds is 5. The Kier molecular flexibility index (Phi) is 3.63. The molecule has 1 aromatic rings. The van der Waals surface area contributed by atoms with E-state index in [-0.39, 0.29) is 0 Å². The van der Waals surface area contributed by atoms with Crippen LogP contribution in [0, 0.1) is 16.7 Å². The smallest absolute Gasteiger partial charge is 0.100 e. The first-order valence-electron chi connectivity index (χ1n) is 5.96. The van der Waals surface area contributed by atoms with Crippen molar-refractivity contribution in [1.29, 1.82) is 5.26 Å². The fourth-order valence-electron chi connectivity index (χ4n) is 2.31. The van der Waals surface area contributed by atoms with Crippen molar-refractivity contribution in [3.05, 3.63) is 21.9 Å². The lowest BCUT2D eigenvalue weighted by Gasteiger charge is -2.41. The van der Waals surface area contributed by atoms with E-state index in [0.717, 1.165) is 18.7 Å². The monoisotopic (exact) mass is 234 g/mol. The molecule has 1 heterocycles. The summed E-state index contributed by atoms with van der Waals surface area (Å²) in [6.07, 6.45) is 5.44. The van der Waals surface area contributed by atoms with Gasteiger partial charge in [0.2, 0.25) is 0 Å². The predicted molar refractivity (Wildman–Crippen MR) is 67.3 cm³/mol. The summed E-state index contributed by atoms with van der Waals surface area (Å²) in [5.74, 6) is 0. The van der Waals surface area contributed by atoms with Gasteiger partial charge in [-0.05, 0) is 30.7 Å². The van der Waals surface area contributed by atoms with E-state index in [0.29, 0.717) is 5.41 Å². The molecule has 86 valence electrons. The lowest BCUT2D eigenvalue weighted by atomic mass is 9.67. The Balaban J connectivity index is 1.77. The molecule has 1 fully saturated rings. The van der Waals surface area contributed by atoms with E-state index in [1.54, 1.807) is 11.3 Å². The summed E-state index contributed by atoms with van der Waals surface area (Å²) in [5.41, 5.74) is 1.37. The van der Waals surface area contributed by atoms with Crippen LogP contribution in [0.25, 0.3) is 0 Å². The minimum absolute atomic E-state index is 0.579. The molecular formula is C13H18N2S. The molecule has 0 radical (unpaired) electrons. The van der Waals surface area contributed by atoms with Crippen molar-refractivity contribution in [1.82, 2.24) is 5.32 Å². The van der Waals surface area contributed by atoms with E-state index in [1.807, 2.05) is 11.4 Å². The quantitative estimate of drug-likeness (QED) is 0.848. The molecule has 0 saturated heterocycles. The highest BCUT2D eigenvalue weighted by atomic mass is 32.1. The fourth-order valence-corrected chi connectivity index (χ4v) is 3.09. The average Bonchev–Trinajstić information content (AvgIpc) is 2.70. The summed E-state index contributed by atoms with van der Waals surface area (Å²) in [5, 5.41) is 14.2. The van der Waals surface area contributed by atoms with E-state index in [1.165, 1.54) is 30.6 Å². The maximum atomic E-state index is 8.73. The molecule has 1 N–H and O–H groups in total. The van der Waals surface area contributed by atoms with Crippen LogP contribution in [0.4, 0.5) is 0 Å². The highest BCUT2D eigenvalue weighted by Crippen LogP contribution is 2.43. The highest BCUT2D eigenvalue weighted by molar-refractivity contribution is 7.10. The summed E-state index contributed by atoms with van der Waals surface area (Å²) >= 11 is 1.67. The summed E-state index contributed by atoms with van der Waals surface area (Å²) in [4.78, 5) is 1.27. The van der Waals surface area contributed by atoms with Crippen molar-refractivity contribution in [3.8, 4) is 6.07 Å². The van der Waals surface area contributed by atoms with Crippen LogP contribution in [0.5, 0.6) is 0 Å². The Morgan fingerprint density at radius 2 is 2.38 bits per heavy atom. The Bertz CT molecular complexity index is 379. The molecule has 2 rings (SSSR count). The third-order valence-corrected chi connectivity index (χ3v) is 4.68. The molecule has 0 atom stereocenters. The Hall–Kier alpha value is -0.850. The van der Waals surface area contributed by atoms with Gasteiger partial charge in [0.1, 0.15) is 6.07 Å². The van der Waals surface area contributed by atoms with Crippen LogP contribution in [0.15, 0.2) is 11.4 Å². The summed E-state index contributed by atoms with van der Waals surface area (Å²) in [6.45, 7) is 4.33. The standard InChI is InChI=1S/C13H18N2S/c1-2-13(4-3-5-13)10-15-8-12-6-11(7-14)9-16-12/h6,9,15H,2-5,8,10H2,1H3. The second kappa shape index (κ2) is 4.99. The lowest BCUT2D eigenvalue weighted by molar-refractivity contribution is 0.124. The van der Waals surface area contributed by atoms with E-state index in [4.69, 9.17) is 5.26 Å². The van der Waals surface area contributed by atoms with Gasteiger partial charge in [-0.1, -0.05) is 13.3 Å². The Morgan fingerprint density at radius 3 is 2.88 bits per heavy atom. The molecule has 0 aromatic carbocycles. The van der Waals surface area contributed by atoms with Crippen molar-refractivity contribution in [3.63, 3.8) is 0 Å². The summed E-state index contributed by atoms with van der Waals surface area (Å²) < 4.78 is 0. The molecule has 1 aliphatic carbocycles. The number of nitriles is 1. The molecule has 0 spiro atoms. The molecule has 0 aliphatic heterocycles. The second-order valence-electron chi connectivity index (χ2n) is 4.72. The lowest BCUT2D eigenvalue weighted by Crippen LogP contribution is -2.39. The number of thiophene rings is 1. The van der Waals surface area contributed by atoms with Crippen molar-refractivity contribution < 1.29 is 0 Å². The van der Waals surface area contributed by atoms with Gasteiger partial charge in [0.05, 0.1) is 5.56 Å². The van der Waals surface area contributed by atoms with E-state index in [2.05, 4.69) is 18.3 Å². The van der Waals surface area contributed by atoms with E-state index in [9.17, 15) is 0 Å². The van der Waals surface area contributed by atoms with Gasteiger partial charge < -0.3 is 5.32 Å². The minimum Gasteiger partial charge on any atom is -0.311 e. The van der Waals surface area contributed by atoms with Gasteiger partial charge in [0.25, 0.3) is 0 Å². The number of nitrogens with one attached hydrogen (secondary N) is 1. The van der Waals surface area contributed by atoms with Crippen LogP contribution in [-0.2, 0) is 6.54 Å². The first-order chi connectivity index (χ1) is 7.78. The summed E-state index contributed by atoms with van der Waals surface area (Å²) in [6, 6.07) is 4.15. The molecule has 1 aromatic heterocycles. The molecule has 16 heavy (non-hydrogen) atoms. The zero-order valence-electron chi connectivity index (χ0n) is 9.75. The SMILES string of the molecule is CCC1(CNCc2cc(C#N)cs2)CCC1. The second-order valence-corrected chi connectivity index (χ2v) is 5.72. The molecule has 1 aliphatic rings. The molecule has 3 heteroatoms. The molecule has 0 bridgehead atoms. The largest absolute Gasteiger partial charge is 0.311 e. The minimum atomic E-state index is 0.579. The highest BCUT2D eigenvalue weighted by Gasteiger charge is 2.34. The average molecular weight is 234 g/mol. The number of hydrogen-bond donors (Lipinski definition) is 1. The predicted octanol–water partition coefficient (Wildman–Crippen LogP) is 3.29. The maximum absolute atomic E-state index is 8.73. The first-order valence-corrected chi connectivity index (χ1v) is 6.84. The van der Waals surface area contributed by atoms with Gasteiger partial charge in [-0.25, -0.2) is 0 Å². The maximum Gasteiger partial charge on any atom is 0.100 e. The van der Waals surface area contributed by atoms with Crippen molar-refractivity contribution in [2.45, 2.75) is 39.2 Å². The van der Waals surface area contributed by atoms with Crippen LogP contribution < -0.4 is 5.32 Å². The Morgan fingerprint density at radius 1 is 1.56 bits per heavy atom. The zero-order chi connectivity index (χ0) is 11.4. The van der Waals surface area contributed by atoms with Crippen LogP contribution >= 0.6 is 11.3 Å². The topological polar surface area (TPSA) is 35.8 Å². The van der Waals surface area contributed by atoms with Crippen molar-refractivity contribution in [2.24, 2.45) is 5.41 Å². The van der Waals surface area contributed by atoms with Gasteiger partial charge in [-0.2, -0.15) is 5.26 Å². The summed E-state index contributed by atoms with van der Waals surface area (Å²) in [7, 11) is 0. The van der Waals surface area contributed by atoms with Gasteiger partial charge in [0.15, 0.2) is 0 Å². The van der Waals surface area contributed by atoms with E-state index >= 15 is 0 Å². The van der Waals surface area contributed by atoms with E-state index < -0.39 is 0 Å². The van der Waals surface area contributed by atoms with Gasteiger partial charge >= 0.3 is 0 Å². The zero-order valence-corrected chi connectivity index (χ0v) is 10.6. The van der Waals surface area contributed by atoms with Crippen molar-refractivity contribution >= 4 is 11.3 Å². The third kappa shape index (κ3) is 2.45. The first kappa shape index (κ1) is 11.6. The van der Waals surface area contributed by atoms with Gasteiger partial charge in [0, 0.05) is 23.3 Å². The van der Waals surface area contributed by atoms with Crippen LogP contribution in [0.2, 0.25) is 0 Å².